The maximum absolute atomic E-state index is 12.1. The Bertz CT molecular complexity index is 787. The van der Waals surface area contributed by atoms with Gasteiger partial charge in [-0.3, -0.25) is 4.79 Å². The number of benzene rings is 1. The lowest BCUT2D eigenvalue weighted by atomic mass is 10.2. The van der Waals surface area contributed by atoms with Gasteiger partial charge in [-0.1, -0.05) is 29.3 Å². The van der Waals surface area contributed by atoms with E-state index < -0.39 is 0 Å². The number of halogens is 2. The van der Waals surface area contributed by atoms with Crippen LogP contribution >= 0.6 is 34.5 Å². The lowest BCUT2D eigenvalue weighted by Crippen LogP contribution is -2.11. The fourth-order valence-corrected chi connectivity index (χ4v) is 3.18. The Labute approximate surface area is 133 Å². The fraction of sp³-hybridized carbons (Fsp3) is 0. The molecule has 0 unspecified atom stereocenters. The van der Waals surface area contributed by atoms with Crippen LogP contribution in [0.2, 0.25) is 8.67 Å². The first-order valence-electron chi connectivity index (χ1n) is 5.76. The molecule has 106 valence electrons. The van der Waals surface area contributed by atoms with Crippen molar-refractivity contribution in [1.82, 2.24) is 10.2 Å². The van der Waals surface area contributed by atoms with E-state index in [1.165, 1.54) is 12.5 Å². The molecule has 2 heterocycles. The van der Waals surface area contributed by atoms with E-state index in [1.807, 2.05) is 0 Å². The fourth-order valence-electron chi connectivity index (χ4n) is 1.72. The number of nitrogens with one attached hydrogen (secondary N) is 1. The number of anilines is 1. The zero-order chi connectivity index (χ0) is 14.8. The summed E-state index contributed by atoms with van der Waals surface area (Å²) in [4.78, 5) is 12.1. The molecule has 3 aromatic rings. The van der Waals surface area contributed by atoms with E-state index in [0.29, 0.717) is 31.4 Å². The molecule has 3 rings (SSSR count). The van der Waals surface area contributed by atoms with Crippen LogP contribution in [0.25, 0.3) is 11.5 Å². The zero-order valence-electron chi connectivity index (χ0n) is 10.3. The molecule has 21 heavy (non-hydrogen) atoms. The van der Waals surface area contributed by atoms with Gasteiger partial charge in [-0.15, -0.1) is 21.5 Å². The van der Waals surface area contributed by atoms with Crippen LogP contribution in [-0.2, 0) is 0 Å². The molecule has 1 N–H and O–H groups in total. The predicted octanol–water partition coefficient (Wildman–Crippen LogP) is 4.36. The second-order valence-corrected chi connectivity index (χ2v) is 6.30. The minimum atomic E-state index is -0.328. The molecule has 0 spiro atoms. The maximum Gasteiger partial charge on any atom is 0.258 e. The van der Waals surface area contributed by atoms with E-state index in [9.17, 15) is 4.79 Å². The Hall–Kier alpha value is -1.89. The highest BCUT2D eigenvalue weighted by atomic mass is 35.5. The third-order valence-corrected chi connectivity index (χ3v) is 4.12. The summed E-state index contributed by atoms with van der Waals surface area (Å²) in [5.41, 5.74) is 1.64. The average Bonchev–Trinajstić information content (AvgIpc) is 3.08. The summed E-state index contributed by atoms with van der Waals surface area (Å²) in [5.74, 6) is 0.0496. The monoisotopic (exact) mass is 339 g/mol. The van der Waals surface area contributed by atoms with Crippen LogP contribution in [0.4, 0.5) is 5.69 Å². The van der Waals surface area contributed by atoms with Crippen LogP contribution in [0.5, 0.6) is 0 Å². The molecule has 0 atom stereocenters. The molecule has 0 saturated carbocycles. The number of amides is 1. The van der Waals surface area contributed by atoms with Crippen molar-refractivity contribution >= 4 is 46.1 Å². The van der Waals surface area contributed by atoms with Gasteiger partial charge >= 0.3 is 0 Å². The Kier molecular flexibility index (Phi) is 3.92. The van der Waals surface area contributed by atoms with Crippen molar-refractivity contribution in [1.29, 1.82) is 0 Å². The highest BCUT2D eigenvalue weighted by Gasteiger charge is 2.15. The van der Waals surface area contributed by atoms with Gasteiger partial charge in [-0.05, 0) is 24.3 Å². The number of thiophene rings is 1. The molecule has 5 nitrogen and oxygen atoms in total. The summed E-state index contributed by atoms with van der Waals surface area (Å²) in [6.45, 7) is 0. The number of nitrogens with zero attached hydrogens (tertiary/aromatic N) is 2. The summed E-state index contributed by atoms with van der Waals surface area (Å²) >= 11 is 12.9. The number of rotatable bonds is 3. The molecule has 1 aromatic carbocycles. The molecule has 8 heteroatoms. The Morgan fingerprint density at radius 3 is 2.81 bits per heavy atom. The van der Waals surface area contributed by atoms with Crippen LogP contribution in [0, 0.1) is 0 Å². The second-order valence-electron chi connectivity index (χ2n) is 4.02. The van der Waals surface area contributed by atoms with Crippen LogP contribution in [0.1, 0.15) is 10.4 Å². The summed E-state index contributed by atoms with van der Waals surface area (Å²) < 4.78 is 5.93. The normalized spacial score (nSPS) is 10.6. The molecule has 0 saturated heterocycles. The first kappa shape index (κ1) is 14.1. The number of carbonyl (C=O) groups excluding carboxylic acids is 1. The molecule has 0 bridgehead atoms. The van der Waals surface area contributed by atoms with E-state index in [1.54, 1.807) is 24.3 Å². The molecule has 1 amide bonds. The third-order valence-electron chi connectivity index (χ3n) is 2.63. The third kappa shape index (κ3) is 3.07. The molecule has 0 fully saturated rings. The smallest absolute Gasteiger partial charge is 0.258 e. The number of hydrogen-bond acceptors (Lipinski definition) is 5. The first-order chi connectivity index (χ1) is 10.1. The Balaban J connectivity index is 1.84. The topological polar surface area (TPSA) is 68.0 Å². The quantitative estimate of drug-likeness (QED) is 0.769. The number of aromatic nitrogens is 2. The van der Waals surface area contributed by atoms with Gasteiger partial charge in [-0.2, -0.15) is 0 Å². The molecule has 0 aliphatic heterocycles. The molecular weight excluding hydrogens is 333 g/mol. The van der Waals surface area contributed by atoms with Crippen LogP contribution in [0.15, 0.2) is 41.1 Å². The van der Waals surface area contributed by atoms with E-state index >= 15 is 0 Å². The Morgan fingerprint density at radius 2 is 2.14 bits per heavy atom. The summed E-state index contributed by atoms with van der Waals surface area (Å²) in [7, 11) is 0. The molecule has 0 radical (unpaired) electrons. The molecule has 0 aliphatic rings. The summed E-state index contributed by atoms with van der Waals surface area (Å²) in [5, 5.41) is 10.2. The highest BCUT2D eigenvalue weighted by Crippen LogP contribution is 2.31. The number of hydrogen-bond donors (Lipinski definition) is 1. The first-order valence-corrected chi connectivity index (χ1v) is 7.33. The van der Waals surface area contributed by atoms with Crippen molar-refractivity contribution < 1.29 is 9.21 Å². The van der Waals surface area contributed by atoms with Crippen molar-refractivity contribution in [3.8, 4) is 11.5 Å². The van der Waals surface area contributed by atoms with Crippen LogP contribution in [-0.4, -0.2) is 16.1 Å². The average molecular weight is 340 g/mol. The van der Waals surface area contributed by atoms with Crippen LogP contribution < -0.4 is 5.32 Å². The lowest BCUT2D eigenvalue weighted by molar-refractivity contribution is 0.102. The second kappa shape index (κ2) is 5.85. The van der Waals surface area contributed by atoms with Gasteiger partial charge in [0.05, 0.1) is 9.90 Å². The largest absolute Gasteiger partial charge is 0.423 e. The van der Waals surface area contributed by atoms with Gasteiger partial charge in [0, 0.05) is 11.3 Å². The minimum Gasteiger partial charge on any atom is -0.423 e. The maximum atomic E-state index is 12.1. The van der Waals surface area contributed by atoms with Gasteiger partial charge in [0.25, 0.3) is 5.91 Å². The standard InChI is InChI=1S/C13H7Cl2N3O2S/c14-10-5-9(11(15)21-10)12(19)17-8-3-1-2-7(4-8)13-18-16-6-20-13/h1-6H,(H,17,19). The van der Waals surface area contributed by atoms with Crippen molar-refractivity contribution in [2.45, 2.75) is 0 Å². The Morgan fingerprint density at radius 1 is 1.29 bits per heavy atom. The highest BCUT2D eigenvalue weighted by molar-refractivity contribution is 7.20. The van der Waals surface area contributed by atoms with Gasteiger partial charge < -0.3 is 9.73 Å². The van der Waals surface area contributed by atoms with Crippen molar-refractivity contribution in [2.24, 2.45) is 0 Å². The predicted molar refractivity (Wildman–Crippen MR) is 82.0 cm³/mol. The summed E-state index contributed by atoms with van der Waals surface area (Å²) in [6, 6.07) is 8.59. The van der Waals surface area contributed by atoms with Gasteiger partial charge in [0.2, 0.25) is 12.3 Å². The van der Waals surface area contributed by atoms with E-state index in [0.717, 1.165) is 11.3 Å². The number of carbonyl (C=O) groups is 1. The van der Waals surface area contributed by atoms with E-state index in [4.69, 9.17) is 27.6 Å². The van der Waals surface area contributed by atoms with Crippen LogP contribution in [0.3, 0.4) is 0 Å². The molecular formula is C13H7Cl2N3O2S. The van der Waals surface area contributed by atoms with Gasteiger partial charge in [-0.25, -0.2) is 0 Å². The van der Waals surface area contributed by atoms with Crippen molar-refractivity contribution in [2.75, 3.05) is 5.32 Å². The van der Waals surface area contributed by atoms with Gasteiger partial charge in [0.15, 0.2) is 0 Å². The lowest BCUT2D eigenvalue weighted by Gasteiger charge is -2.05. The SMILES string of the molecule is O=C(Nc1cccc(-c2nnco2)c1)c1cc(Cl)sc1Cl. The van der Waals surface area contributed by atoms with Crippen molar-refractivity contribution in [3.63, 3.8) is 0 Å². The summed E-state index contributed by atoms with van der Waals surface area (Å²) in [6.07, 6.45) is 1.24. The minimum absolute atomic E-state index is 0.328. The van der Waals surface area contributed by atoms with Gasteiger partial charge in [0.1, 0.15) is 4.34 Å². The zero-order valence-corrected chi connectivity index (χ0v) is 12.7. The van der Waals surface area contributed by atoms with E-state index in [-0.39, 0.29) is 5.91 Å². The molecule has 2 aromatic heterocycles. The van der Waals surface area contributed by atoms with Crippen molar-refractivity contribution in [3.05, 3.63) is 51.0 Å². The molecule has 0 aliphatic carbocycles. The van der Waals surface area contributed by atoms with E-state index in [2.05, 4.69) is 15.5 Å².